The third-order valence-electron chi connectivity index (χ3n) is 2.97. The van der Waals surface area contributed by atoms with E-state index < -0.39 is 0 Å². The summed E-state index contributed by atoms with van der Waals surface area (Å²) in [6, 6.07) is 11.6. The first-order valence-corrected chi connectivity index (χ1v) is 7.26. The number of para-hydroxylation sites is 2. The molecule has 0 fully saturated rings. The molecule has 0 radical (unpaired) electrons. The van der Waals surface area contributed by atoms with Gasteiger partial charge in [-0.2, -0.15) is 0 Å². The normalized spacial score (nSPS) is 11.9. The number of amidine groups is 1. The SMILES string of the molecule is NC(=NO)c1ncccc1CSc1nc2ccccc2[nH]1. The minimum Gasteiger partial charge on any atom is -0.409 e. The van der Waals surface area contributed by atoms with Gasteiger partial charge in [0.15, 0.2) is 11.0 Å². The number of imidazole rings is 1. The Labute approximate surface area is 125 Å². The molecule has 0 atom stereocenters. The number of aromatic amines is 1. The molecule has 0 amide bonds. The molecule has 0 aliphatic heterocycles. The molecule has 0 unspecified atom stereocenters. The lowest BCUT2D eigenvalue weighted by Gasteiger charge is -2.05. The van der Waals surface area contributed by atoms with E-state index in [-0.39, 0.29) is 5.84 Å². The number of nitrogens with zero attached hydrogens (tertiary/aromatic N) is 3. The molecule has 6 nitrogen and oxygen atoms in total. The lowest BCUT2D eigenvalue weighted by Crippen LogP contribution is -2.17. The molecule has 2 aromatic heterocycles. The van der Waals surface area contributed by atoms with Gasteiger partial charge in [-0.1, -0.05) is 35.1 Å². The van der Waals surface area contributed by atoms with Crippen molar-refractivity contribution in [3.63, 3.8) is 0 Å². The Kier molecular flexibility index (Phi) is 3.74. The summed E-state index contributed by atoms with van der Waals surface area (Å²) < 4.78 is 0. The third kappa shape index (κ3) is 2.82. The van der Waals surface area contributed by atoms with Crippen LogP contribution < -0.4 is 5.73 Å². The molecular formula is C14H13N5OS. The first-order chi connectivity index (χ1) is 10.3. The highest BCUT2D eigenvalue weighted by molar-refractivity contribution is 7.98. The van der Waals surface area contributed by atoms with E-state index in [1.165, 1.54) is 0 Å². The minimum absolute atomic E-state index is 0.0100. The number of oxime groups is 1. The van der Waals surface area contributed by atoms with Gasteiger partial charge in [-0.25, -0.2) is 4.98 Å². The van der Waals surface area contributed by atoms with Gasteiger partial charge in [0, 0.05) is 11.9 Å². The molecular weight excluding hydrogens is 286 g/mol. The zero-order valence-corrected chi connectivity index (χ0v) is 11.8. The lowest BCUT2D eigenvalue weighted by atomic mass is 10.2. The van der Waals surface area contributed by atoms with Crippen molar-refractivity contribution in [2.24, 2.45) is 10.9 Å². The van der Waals surface area contributed by atoms with Gasteiger partial charge in [-0.05, 0) is 23.8 Å². The van der Waals surface area contributed by atoms with E-state index in [9.17, 15) is 0 Å². The predicted molar refractivity (Wildman–Crippen MR) is 82.4 cm³/mol. The molecule has 0 aliphatic rings. The first kappa shape index (κ1) is 13.4. The Morgan fingerprint density at radius 2 is 2.14 bits per heavy atom. The molecule has 0 bridgehead atoms. The number of pyridine rings is 1. The Hall–Kier alpha value is -2.54. The second-order valence-corrected chi connectivity index (χ2v) is 5.31. The lowest BCUT2D eigenvalue weighted by molar-refractivity contribution is 0.318. The number of thioether (sulfide) groups is 1. The number of nitrogens with one attached hydrogen (secondary N) is 1. The molecule has 21 heavy (non-hydrogen) atoms. The van der Waals surface area contributed by atoms with Crippen molar-refractivity contribution in [1.82, 2.24) is 15.0 Å². The summed E-state index contributed by atoms with van der Waals surface area (Å²) in [5.74, 6) is 0.634. The van der Waals surface area contributed by atoms with Crippen LogP contribution in [0.15, 0.2) is 52.9 Å². The fourth-order valence-corrected chi connectivity index (χ4v) is 2.85. The number of hydrogen-bond donors (Lipinski definition) is 3. The van der Waals surface area contributed by atoms with Crippen LogP contribution in [0, 0.1) is 0 Å². The predicted octanol–water partition coefficient (Wildman–Crippen LogP) is 2.34. The number of H-pyrrole nitrogens is 1. The number of benzene rings is 1. The second-order valence-electron chi connectivity index (χ2n) is 4.34. The summed E-state index contributed by atoms with van der Waals surface area (Å²) in [5.41, 5.74) is 8.94. The van der Waals surface area contributed by atoms with E-state index in [1.54, 1.807) is 18.0 Å². The van der Waals surface area contributed by atoms with E-state index in [2.05, 4.69) is 20.1 Å². The summed E-state index contributed by atoms with van der Waals surface area (Å²) in [5, 5.41) is 12.6. The van der Waals surface area contributed by atoms with E-state index in [4.69, 9.17) is 10.9 Å². The van der Waals surface area contributed by atoms with Crippen molar-refractivity contribution in [3.05, 3.63) is 53.9 Å². The second kappa shape index (κ2) is 5.84. The fourth-order valence-electron chi connectivity index (χ4n) is 1.98. The van der Waals surface area contributed by atoms with Crippen LogP contribution in [-0.2, 0) is 5.75 Å². The highest BCUT2D eigenvalue weighted by Crippen LogP contribution is 2.23. The minimum atomic E-state index is 0.0100. The van der Waals surface area contributed by atoms with Gasteiger partial charge in [0.1, 0.15) is 5.69 Å². The maximum atomic E-state index is 8.79. The van der Waals surface area contributed by atoms with Crippen molar-refractivity contribution >= 4 is 28.6 Å². The van der Waals surface area contributed by atoms with Gasteiger partial charge in [0.05, 0.1) is 11.0 Å². The van der Waals surface area contributed by atoms with Crippen molar-refractivity contribution in [1.29, 1.82) is 0 Å². The van der Waals surface area contributed by atoms with E-state index in [0.29, 0.717) is 11.4 Å². The monoisotopic (exact) mass is 299 g/mol. The molecule has 7 heteroatoms. The van der Waals surface area contributed by atoms with Gasteiger partial charge in [-0.3, -0.25) is 4.98 Å². The molecule has 106 valence electrons. The van der Waals surface area contributed by atoms with Crippen LogP contribution >= 0.6 is 11.8 Å². The largest absolute Gasteiger partial charge is 0.409 e. The summed E-state index contributed by atoms with van der Waals surface area (Å²) >= 11 is 1.54. The Bertz CT molecular complexity index is 766. The Balaban J connectivity index is 1.81. The van der Waals surface area contributed by atoms with Gasteiger partial charge in [0.25, 0.3) is 0 Å². The average molecular weight is 299 g/mol. The molecule has 3 aromatic rings. The molecule has 0 saturated heterocycles. The van der Waals surface area contributed by atoms with Gasteiger partial charge in [-0.15, -0.1) is 0 Å². The van der Waals surface area contributed by atoms with Gasteiger partial charge < -0.3 is 15.9 Å². The Morgan fingerprint density at radius 3 is 2.95 bits per heavy atom. The molecule has 4 N–H and O–H groups in total. The smallest absolute Gasteiger partial charge is 0.189 e. The summed E-state index contributed by atoms with van der Waals surface area (Å²) in [7, 11) is 0. The van der Waals surface area contributed by atoms with Crippen LogP contribution in [0.5, 0.6) is 0 Å². The average Bonchev–Trinajstić information content (AvgIpc) is 2.95. The third-order valence-corrected chi connectivity index (χ3v) is 3.90. The van der Waals surface area contributed by atoms with Crippen LogP contribution in [0.3, 0.4) is 0 Å². The number of fused-ring (bicyclic) bond motifs is 1. The van der Waals surface area contributed by atoms with E-state index in [1.807, 2.05) is 36.4 Å². The maximum Gasteiger partial charge on any atom is 0.189 e. The summed E-state index contributed by atoms with van der Waals surface area (Å²) in [4.78, 5) is 11.9. The van der Waals surface area contributed by atoms with Crippen molar-refractivity contribution in [2.45, 2.75) is 10.9 Å². The summed E-state index contributed by atoms with van der Waals surface area (Å²) in [6.07, 6.45) is 1.61. The molecule has 2 heterocycles. The highest BCUT2D eigenvalue weighted by Gasteiger charge is 2.10. The topological polar surface area (TPSA) is 100 Å². The molecule has 0 spiro atoms. The first-order valence-electron chi connectivity index (χ1n) is 6.27. The van der Waals surface area contributed by atoms with Crippen LogP contribution in [0.2, 0.25) is 0 Å². The van der Waals surface area contributed by atoms with Gasteiger partial charge in [0.2, 0.25) is 0 Å². The number of aromatic nitrogens is 3. The van der Waals surface area contributed by atoms with Crippen LogP contribution in [-0.4, -0.2) is 26.0 Å². The van der Waals surface area contributed by atoms with Crippen LogP contribution in [0.25, 0.3) is 11.0 Å². The number of rotatable bonds is 4. The Morgan fingerprint density at radius 1 is 1.29 bits per heavy atom. The van der Waals surface area contributed by atoms with Crippen molar-refractivity contribution in [3.8, 4) is 0 Å². The molecule has 0 saturated carbocycles. The zero-order chi connectivity index (χ0) is 14.7. The highest BCUT2D eigenvalue weighted by atomic mass is 32.2. The van der Waals surface area contributed by atoms with Crippen molar-refractivity contribution < 1.29 is 5.21 Å². The van der Waals surface area contributed by atoms with Crippen LogP contribution in [0.4, 0.5) is 0 Å². The maximum absolute atomic E-state index is 8.79. The standard InChI is InChI=1S/C14H13N5OS/c15-13(19-20)12-9(4-3-7-16-12)8-21-14-17-10-5-1-2-6-11(10)18-14/h1-7,20H,8H2,(H2,15,19)(H,17,18). The van der Waals surface area contributed by atoms with E-state index >= 15 is 0 Å². The van der Waals surface area contributed by atoms with Gasteiger partial charge >= 0.3 is 0 Å². The number of nitrogens with two attached hydrogens (primary N) is 1. The number of hydrogen-bond acceptors (Lipinski definition) is 5. The molecule has 1 aromatic carbocycles. The molecule has 3 rings (SSSR count). The van der Waals surface area contributed by atoms with Crippen molar-refractivity contribution in [2.75, 3.05) is 0 Å². The summed E-state index contributed by atoms with van der Waals surface area (Å²) in [6.45, 7) is 0. The van der Waals surface area contributed by atoms with Crippen LogP contribution in [0.1, 0.15) is 11.3 Å². The zero-order valence-electron chi connectivity index (χ0n) is 11.0. The quantitative estimate of drug-likeness (QED) is 0.226. The van der Waals surface area contributed by atoms with E-state index in [0.717, 1.165) is 21.8 Å². The molecule has 0 aliphatic carbocycles. The fraction of sp³-hybridized carbons (Fsp3) is 0.0714.